The van der Waals surface area contributed by atoms with Crippen molar-refractivity contribution in [2.45, 2.75) is 12.8 Å². The van der Waals surface area contributed by atoms with E-state index in [1.165, 1.54) is 9.36 Å². The van der Waals surface area contributed by atoms with E-state index in [1.807, 2.05) is 0 Å². The Labute approximate surface area is 200 Å². The largest absolute Gasteiger partial charge is 0.422 e. The summed E-state index contributed by atoms with van der Waals surface area (Å²) in [5.41, 5.74) is 5.43. The van der Waals surface area contributed by atoms with Crippen LogP contribution in [0.2, 0.25) is 0 Å². The number of allylic oxidation sites excluding steroid dienone is 1. The highest BCUT2D eigenvalue weighted by atomic mass is 19.2. The fourth-order valence-corrected chi connectivity index (χ4v) is 4.27. The molecule has 1 atom stereocenters. The summed E-state index contributed by atoms with van der Waals surface area (Å²) in [4.78, 5) is 0. The third-order valence-electron chi connectivity index (χ3n) is 5.83. The second-order valence-electron chi connectivity index (χ2n) is 8.02. The molecule has 0 saturated carbocycles. The van der Waals surface area contributed by atoms with Gasteiger partial charge in [-0.1, -0.05) is 18.2 Å². The van der Waals surface area contributed by atoms with Crippen LogP contribution >= 0.6 is 0 Å². The highest BCUT2D eigenvalue weighted by Gasteiger charge is 2.43. The van der Waals surface area contributed by atoms with E-state index in [2.05, 4.69) is 10.2 Å². The van der Waals surface area contributed by atoms with Gasteiger partial charge in [0.25, 0.3) is 0 Å². The highest BCUT2D eigenvalue weighted by molar-refractivity contribution is 5.70. The number of nitriles is 1. The fraction of sp³-hybridized carbons (Fsp3) is 0.125. The van der Waals surface area contributed by atoms with Gasteiger partial charge in [0.1, 0.15) is 17.3 Å². The Bertz CT molecular complexity index is 1590. The molecule has 1 aliphatic rings. The van der Waals surface area contributed by atoms with Crippen molar-refractivity contribution in [1.82, 2.24) is 19.6 Å². The quantitative estimate of drug-likeness (QED) is 0.255. The van der Waals surface area contributed by atoms with Crippen LogP contribution in [0.1, 0.15) is 22.7 Å². The summed E-state index contributed by atoms with van der Waals surface area (Å²) in [5.74, 6) is -13.4. The first kappa shape index (κ1) is 23.1. The Morgan fingerprint density at radius 2 is 1.56 bits per heavy atom. The smallest absolute Gasteiger partial charge is 0.229 e. The molecule has 0 amide bonds. The molecular weight excluding hydrogens is 483 g/mol. The van der Waals surface area contributed by atoms with Gasteiger partial charge in [-0.05, 0) is 25.1 Å². The summed E-state index contributed by atoms with van der Waals surface area (Å²) < 4.78 is 80.9. The van der Waals surface area contributed by atoms with Gasteiger partial charge in [-0.3, -0.25) is 4.68 Å². The lowest BCUT2D eigenvalue weighted by Crippen LogP contribution is -2.24. The van der Waals surface area contributed by atoms with Crippen LogP contribution in [-0.2, 0) is 7.05 Å². The van der Waals surface area contributed by atoms with Gasteiger partial charge < -0.3 is 10.5 Å². The SMILES string of the molecule is Cc1cc(-c2nn(-c3ccccc3)c3c2[C@H](c2c(F)c(F)c(F)c(F)c2F)C(C#N)=C(N)O3)n(C)n1. The molecule has 0 spiro atoms. The van der Waals surface area contributed by atoms with Crippen LogP contribution in [0.5, 0.6) is 5.88 Å². The topological polar surface area (TPSA) is 94.7 Å². The van der Waals surface area contributed by atoms with E-state index in [9.17, 15) is 18.4 Å². The summed E-state index contributed by atoms with van der Waals surface area (Å²) in [7, 11) is 1.59. The van der Waals surface area contributed by atoms with Crippen LogP contribution in [0.4, 0.5) is 22.0 Å². The molecule has 3 heterocycles. The lowest BCUT2D eigenvalue weighted by atomic mass is 9.82. The van der Waals surface area contributed by atoms with E-state index < -0.39 is 52.0 Å². The zero-order chi connectivity index (χ0) is 25.9. The summed E-state index contributed by atoms with van der Waals surface area (Å²) >= 11 is 0. The molecule has 7 nitrogen and oxygen atoms in total. The zero-order valence-corrected chi connectivity index (χ0v) is 18.7. The minimum Gasteiger partial charge on any atom is -0.422 e. The summed E-state index contributed by atoms with van der Waals surface area (Å²) in [6.45, 7) is 1.70. The number of nitrogens with zero attached hydrogens (tertiary/aromatic N) is 5. The maximum atomic E-state index is 15.1. The number of benzene rings is 2. The first-order chi connectivity index (χ1) is 17.1. The molecule has 0 radical (unpaired) electrons. The number of hydrogen-bond donors (Lipinski definition) is 1. The molecule has 182 valence electrons. The number of para-hydroxylation sites is 1. The Kier molecular flexibility index (Phi) is 5.28. The maximum absolute atomic E-state index is 15.1. The normalized spacial score (nSPS) is 15.0. The Morgan fingerprint density at radius 1 is 0.944 bits per heavy atom. The van der Waals surface area contributed by atoms with Crippen LogP contribution in [0.25, 0.3) is 17.1 Å². The van der Waals surface area contributed by atoms with Crippen molar-refractivity contribution in [2.24, 2.45) is 12.8 Å². The predicted octanol–water partition coefficient (Wildman–Crippen LogP) is 4.49. The van der Waals surface area contributed by atoms with E-state index in [1.54, 1.807) is 56.4 Å². The van der Waals surface area contributed by atoms with Crippen LogP contribution in [0.15, 0.2) is 47.9 Å². The molecule has 5 rings (SSSR count). The van der Waals surface area contributed by atoms with Crippen LogP contribution in [0, 0.1) is 47.3 Å². The number of nitrogens with two attached hydrogens (primary N) is 1. The van der Waals surface area contributed by atoms with E-state index in [4.69, 9.17) is 10.5 Å². The molecule has 1 aliphatic heterocycles. The standard InChI is InChI=1S/C24H15F5N6O/c1-10-8-13(34(2)32-10)22-16-14(15-17(25)19(27)21(29)20(28)18(15)26)12(9-30)23(31)36-24(16)35(33-22)11-6-4-3-5-7-11/h3-8,14H,31H2,1-2H3/t14-/m0/s1. The minimum atomic E-state index is -2.32. The zero-order valence-electron chi connectivity index (χ0n) is 18.7. The van der Waals surface area contributed by atoms with Gasteiger partial charge in [0.05, 0.1) is 28.6 Å². The molecular formula is C24H15F5N6O. The first-order valence-corrected chi connectivity index (χ1v) is 10.4. The number of fused-ring (bicyclic) bond motifs is 1. The van der Waals surface area contributed by atoms with Crippen LogP contribution < -0.4 is 10.5 Å². The second-order valence-corrected chi connectivity index (χ2v) is 8.02. The minimum absolute atomic E-state index is 0.0474. The maximum Gasteiger partial charge on any atom is 0.229 e. The van der Waals surface area contributed by atoms with Crippen molar-refractivity contribution in [2.75, 3.05) is 0 Å². The number of ether oxygens (including phenoxy) is 1. The number of hydrogen-bond acceptors (Lipinski definition) is 5. The Morgan fingerprint density at radius 3 is 2.11 bits per heavy atom. The van der Waals surface area contributed by atoms with Crippen LogP contribution in [0.3, 0.4) is 0 Å². The van der Waals surface area contributed by atoms with Gasteiger partial charge in [-0.25, -0.2) is 22.0 Å². The van der Waals surface area contributed by atoms with E-state index in [-0.39, 0.29) is 17.1 Å². The van der Waals surface area contributed by atoms with Gasteiger partial charge in [-0.2, -0.15) is 20.1 Å². The Hall–Kier alpha value is -4.66. The summed E-state index contributed by atoms with van der Waals surface area (Å²) in [5, 5.41) is 18.6. The monoisotopic (exact) mass is 498 g/mol. The van der Waals surface area contributed by atoms with Gasteiger partial charge in [0, 0.05) is 12.6 Å². The molecule has 0 fully saturated rings. The van der Waals surface area contributed by atoms with Crippen molar-refractivity contribution in [3.8, 4) is 29.0 Å². The number of aryl methyl sites for hydroxylation is 2. The molecule has 36 heavy (non-hydrogen) atoms. The third kappa shape index (κ3) is 3.24. The molecule has 0 aliphatic carbocycles. The Balaban J connectivity index is 1.93. The van der Waals surface area contributed by atoms with Gasteiger partial charge >= 0.3 is 0 Å². The summed E-state index contributed by atoms with van der Waals surface area (Å²) in [6, 6.07) is 11.8. The van der Waals surface area contributed by atoms with E-state index in [0.29, 0.717) is 17.1 Å². The van der Waals surface area contributed by atoms with Gasteiger partial charge in [-0.15, -0.1) is 0 Å². The molecule has 12 heteroatoms. The average Bonchev–Trinajstić information content (AvgIpc) is 3.40. The third-order valence-corrected chi connectivity index (χ3v) is 5.83. The highest BCUT2D eigenvalue weighted by Crippen LogP contribution is 2.49. The van der Waals surface area contributed by atoms with E-state index >= 15 is 8.78 Å². The van der Waals surface area contributed by atoms with Gasteiger partial charge in [0.2, 0.25) is 17.6 Å². The molecule has 4 aromatic rings. The molecule has 2 N–H and O–H groups in total. The lowest BCUT2D eigenvalue weighted by Gasteiger charge is -2.26. The predicted molar refractivity (Wildman–Crippen MR) is 116 cm³/mol. The fourth-order valence-electron chi connectivity index (χ4n) is 4.27. The van der Waals surface area contributed by atoms with Crippen molar-refractivity contribution < 1.29 is 26.7 Å². The van der Waals surface area contributed by atoms with Crippen molar-refractivity contribution >= 4 is 0 Å². The molecule has 0 unspecified atom stereocenters. The first-order valence-electron chi connectivity index (χ1n) is 10.4. The van der Waals surface area contributed by atoms with Crippen LogP contribution in [-0.4, -0.2) is 19.6 Å². The van der Waals surface area contributed by atoms with Crippen molar-refractivity contribution in [1.29, 1.82) is 5.26 Å². The van der Waals surface area contributed by atoms with Gasteiger partial charge in [0.15, 0.2) is 23.3 Å². The molecule has 0 bridgehead atoms. The lowest BCUT2D eigenvalue weighted by molar-refractivity contribution is 0.352. The van der Waals surface area contributed by atoms with Crippen molar-refractivity contribution in [3.63, 3.8) is 0 Å². The molecule has 2 aromatic carbocycles. The number of rotatable bonds is 3. The molecule has 0 saturated heterocycles. The molecule has 2 aromatic heterocycles. The second kappa shape index (κ2) is 8.23. The average molecular weight is 498 g/mol. The summed E-state index contributed by atoms with van der Waals surface area (Å²) in [6.07, 6.45) is 0. The number of aromatic nitrogens is 4. The van der Waals surface area contributed by atoms with Crippen molar-refractivity contribution in [3.05, 3.63) is 93.8 Å². The van der Waals surface area contributed by atoms with E-state index in [0.717, 1.165) is 0 Å². The number of halogens is 5.